The quantitative estimate of drug-likeness (QED) is 0.918. The van der Waals surface area contributed by atoms with E-state index in [1.54, 1.807) is 24.7 Å². The topological polar surface area (TPSA) is 61.0 Å². The lowest BCUT2D eigenvalue weighted by atomic mass is 10.2. The third kappa shape index (κ3) is 2.49. The molecule has 0 bridgehead atoms. The minimum Gasteiger partial charge on any atom is -0.437 e. The summed E-state index contributed by atoms with van der Waals surface area (Å²) in [7, 11) is 0. The molecule has 2 aromatic rings. The van der Waals surface area contributed by atoms with E-state index in [2.05, 4.69) is 25.9 Å². The smallest absolute Gasteiger partial charge is 0.219 e. The Morgan fingerprint density at radius 1 is 1.25 bits per heavy atom. The fourth-order valence-corrected chi connectivity index (χ4v) is 1.51. The number of pyridine rings is 2. The summed E-state index contributed by atoms with van der Waals surface area (Å²) < 4.78 is 6.39. The highest BCUT2D eigenvalue weighted by Gasteiger charge is 2.02. The molecule has 0 aliphatic heterocycles. The van der Waals surface area contributed by atoms with E-state index >= 15 is 0 Å². The van der Waals surface area contributed by atoms with Crippen molar-refractivity contribution in [2.45, 2.75) is 6.92 Å². The molecule has 0 unspecified atom stereocenters. The van der Waals surface area contributed by atoms with Crippen LogP contribution in [0.4, 0.5) is 5.69 Å². The number of hydrogen-bond donors (Lipinski definition) is 1. The van der Waals surface area contributed by atoms with Crippen LogP contribution in [0.3, 0.4) is 0 Å². The molecule has 0 radical (unpaired) electrons. The van der Waals surface area contributed by atoms with Gasteiger partial charge in [-0.2, -0.15) is 0 Å². The molecule has 4 nitrogen and oxygen atoms in total. The van der Waals surface area contributed by atoms with Crippen molar-refractivity contribution in [1.29, 1.82) is 0 Å². The summed E-state index contributed by atoms with van der Waals surface area (Å²) in [5.41, 5.74) is 7.26. The number of halogens is 1. The second-order valence-electron chi connectivity index (χ2n) is 3.32. The monoisotopic (exact) mass is 279 g/mol. The van der Waals surface area contributed by atoms with Crippen molar-refractivity contribution in [3.63, 3.8) is 0 Å². The number of aromatic nitrogens is 2. The molecule has 0 aliphatic rings. The molecule has 0 aliphatic carbocycles. The number of rotatable bonds is 2. The van der Waals surface area contributed by atoms with Gasteiger partial charge in [0, 0.05) is 16.7 Å². The SMILES string of the molecule is Cc1cc(Oc2cncc(Br)c2)ncc1N. The number of nitrogens with zero attached hydrogens (tertiary/aromatic N) is 2. The zero-order valence-corrected chi connectivity index (χ0v) is 10.2. The van der Waals surface area contributed by atoms with Crippen LogP contribution in [0.5, 0.6) is 11.6 Å². The number of anilines is 1. The Morgan fingerprint density at radius 2 is 2.06 bits per heavy atom. The summed E-state index contributed by atoms with van der Waals surface area (Å²) in [6.45, 7) is 1.91. The van der Waals surface area contributed by atoms with E-state index in [1.165, 1.54) is 0 Å². The van der Waals surface area contributed by atoms with Crippen molar-refractivity contribution in [3.8, 4) is 11.6 Å². The molecule has 82 valence electrons. The first kappa shape index (κ1) is 10.9. The molecule has 0 saturated carbocycles. The normalized spacial score (nSPS) is 10.1. The molecule has 0 aromatic carbocycles. The Morgan fingerprint density at radius 3 is 2.75 bits per heavy atom. The van der Waals surface area contributed by atoms with Crippen LogP contribution < -0.4 is 10.5 Å². The van der Waals surface area contributed by atoms with Crippen LogP contribution in [0.2, 0.25) is 0 Å². The Bertz CT molecular complexity index is 516. The van der Waals surface area contributed by atoms with Crippen LogP contribution in [-0.2, 0) is 0 Å². The fraction of sp³-hybridized carbons (Fsp3) is 0.0909. The van der Waals surface area contributed by atoms with Crippen LogP contribution in [0.25, 0.3) is 0 Å². The second kappa shape index (κ2) is 4.49. The number of ether oxygens (including phenoxy) is 1. The van der Waals surface area contributed by atoms with Gasteiger partial charge in [-0.15, -0.1) is 0 Å². The molecule has 2 rings (SSSR count). The van der Waals surface area contributed by atoms with E-state index in [4.69, 9.17) is 10.5 Å². The average Bonchev–Trinajstić information content (AvgIpc) is 2.24. The summed E-state index contributed by atoms with van der Waals surface area (Å²) in [4.78, 5) is 8.07. The molecular formula is C11H10BrN3O. The molecule has 2 aromatic heterocycles. The first-order valence-electron chi connectivity index (χ1n) is 4.65. The molecule has 0 atom stereocenters. The van der Waals surface area contributed by atoms with E-state index in [0.29, 0.717) is 17.3 Å². The molecule has 2 N–H and O–H groups in total. The third-order valence-corrected chi connectivity index (χ3v) is 2.46. The van der Waals surface area contributed by atoms with Gasteiger partial charge in [0.2, 0.25) is 5.88 Å². The van der Waals surface area contributed by atoms with Crippen molar-refractivity contribution in [2.24, 2.45) is 0 Å². The summed E-state index contributed by atoms with van der Waals surface area (Å²) >= 11 is 3.32. The van der Waals surface area contributed by atoms with Gasteiger partial charge in [0.1, 0.15) is 5.75 Å². The Kier molecular flexibility index (Phi) is 3.05. The number of aryl methyl sites for hydroxylation is 1. The first-order valence-corrected chi connectivity index (χ1v) is 5.45. The summed E-state index contributed by atoms with van der Waals surface area (Å²) in [6, 6.07) is 3.61. The maximum atomic E-state index is 5.67. The zero-order valence-electron chi connectivity index (χ0n) is 8.64. The molecule has 0 saturated heterocycles. The summed E-state index contributed by atoms with van der Waals surface area (Å²) in [5, 5.41) is 0. The lowest BCUT2D eigenvalue weighted by Crippen LogP contribution is -1.94. The largest absolute Gasteiger partial charge is 0.437 e. The van der Waals surface area contributed by atoms with Gasteiger partial charge in [-0.3, -0.25) is 4.98 Å². The van der Waals surface area contributed by atoms with E-state index in [1.807, 2.05) is 13.0 Å². The van der Waals surface area contributed by atoms with Gasteiger partial charge in [0.05, 0.1) is 18.1 Å². The molecule has 0 amide bonds. The van der Waals surface area contributed by atoms with Crippen LogP contribution in [0, 0.1) is 6.92 Å². The highest BCUT2D eigenvalue weighted by atomic mass is 79.9. The average molecular weight is 280 g/mol. The highest BCUT2D eigenvalue weighted by molar-refractivity contribution is 9.10. The zero-order chi connectivity index (χ0) is 11.5. The highest BCUT2D eigenvalue weighted by Crippen LogP contribution is 2.23. The lowest BCUT2D eigenvalue weighted by molar-refractivity contribution is 0.460. The van der Waals surface area contributed by atoms with Crippen molar-refractivity contribution in [1.82, 2.24) is 9.97 Å². The molecule has 5 heteroatoms. The Labute approximate surface area is 102 Å². The molecular weight excluding hydrogens is 270 g/mol. The molecule has 0 fully saturated rings. The van der Waals surface area contributed by atoms with E-state index in [0.717, 1.165) is 10.0 Å². The Hall–Kier alpha value is -1.62. The third-order valence-electron chi connectivity index (χ3n) is 2.03. The van der Waals surface area contributed by atoms with Gasteiger partial charge >= 0.3 is 0 Å². The summed E-state index contributed by atoms with van der Waals surface area (Å²) in [6.07, 6.45) is 4.89. The van der Waals surface area contributed by atoms with Gasteiger partial charge in [-0.25, -0.2) is 4.98 Å². The van der Waals surface area contributed by atoms with Gasteiger partial charge < -0.3 is 10.5 Å². The van der Waals surface area contributed by atoms with Crippen molar-refractivity contribution in [3.05, 3.63) is 40.8 Å². The minimum absolute atomic E-state index is 0.506. The number of hydrogen-bond acceptors (Lipinski definition) is 4. The van der Waals surface area contributed by atoms with Crippen molar-refractivity contribution >= 4 is 21.6 Å². The van der Waals surface area contributed by atoms with Gasteiger partial charge in [0.25, 0.3) is 0 Å². The minimum atomic E-state index is 0.506. The van der Waals surface area contributed by atoms with Gasteiger partial charge in [-0.05, 0) is 34.5 Å². The first-order chi connectivity index (χ1) is 7.65. The predicted molar refractivity (Wildman–Crippen MR) is 65.4 cm³/mol. The maximum absolute atomic E-state index is 5.67. The Balaban J connectivity index is 2.24. The van der Waals surface area contributed by atoms with Crippen LogP contribution in [0.1, 0.15) is 5.56 Å². The van der Waals surface area contributed by atoms with E-state index in [-0.39, 0.29) is 0 Å². The predicted octanol–water partition coefficient (Wildman–Crippen LogP) is 2.92. The van der Waals surface area contributed by atoms with Crippen LogP contribution in [-0.4, -0.2) is 9.97 Å². The van der Waals surface area contributed by atoms with Gasteiger partial charge in [-0.1, -0.05) is 0 Å². The van der Waals surface area contributed by atoms with E-state index < -0.39 is 0 Å². The van der Waals surface area contributed by atoms with Crippen LogP contribution in [0.15, 0.2) is 35.2 Å². The lowest BCUT2D eigenvalue weighted by Gasteiger charge is -2.06. The van der Waals surface area contributed by atoms with Crippen LogP contribution >= 0.6 is 15.9 Å². The van der Waals surface area contributed by atoms with Crippen molar-refractivity contribution in [2.75, 3.05) is 5.73 Å². The molecule has 2 heterocycles. The second-order valence-corrected chi connectivity index (χ2v) is 4.24. The molecule has 16 heavy (non-hydrogen) atoms. The molecule has 0 spiro atoms. The fourth-order valence-electron chi connectivity index (χ4n) is 1.17. The summed E-state index contributed by atoms with van der Waals surface area (Å²) in [5.74, 6) is 1.14. The van der Waals surface area contributed by atoms with Gasteiger partial charge in [0.15, 0.2) is 0 Å². The maximum Gasteiger partial charge on any atom is 0.219 e. The standard InChI is InChI=1S/C11H10BrN3O/c1-7-2-11(15-6-10(7)13)16-9-3-8(12)4-14-5-9/h2-6H,13H2,1H3. The van der Waals surface area contributed by atoms with Crippen molar-refractivity contribution < 1.29 is 4.74 Å². The number of nitrogen functional groups attached to an aromatic ring is 1. The van der Waals surface area contributed by atoms with E-state index in [9.17, 15) is 0 Å². The number of nitrogens with two attached hydrogens (primary N) is 1.